The normalized spacial score (nSPS) is 12.9. The van der Waals surface area contributed by atoms with Gasteiger partial charge in [0.15, 0.2) is 0 Å². The second-order valence-corrected chi connectivity index (χ2v) is 9.55. The predicted octanol–water partition coefficient (Wildman–Crippen LogP) is 1.01. The smallest absolute Gasteiger partial charge is 0.326 e. The SMILES string of the molecule is NCCC(=O)N[C@@H](Cc1ccc(O)cc1)C(=O)N[C@@H](Cc1ccc(O)cc1)C(=O)N[C@@H](Cc1ccccc1)C(=O)O. The Morgan fingerprint density at radius 3 is 1.49 bits per heavy atom. The van der Waals surface area contributed by atoms with Crippen LogP contribution in [0.5, 0.6) is 11.5 Å². The molecule has 0 unspecified atom stereocenters. The van der Waals surface area contributed by atoms with Crippen molar-refractivity contribution in [3.63, 3.8) is 0 Å². The van der Waals surface area contributed by atoms with E-state index in [2.05, 4.69) is 16.0 Å². The minimum atomic E-state index is -1.26. The summed E-state index contributed by atoms with van der Waals surface area (Å²) in [6, 6.07) is 17.4. The fraction of sp³-hybridized carbons (Fsp3) is 0.267. The average Bonchev–Trinajstić information content (AvgIpc) is 2.94. The van der Waals surface area contributed by atoms with Crippen LogP contribution in [-0.4, -0.2) is 63.7 Å². The van der Waals surface area contributed by atoms with Crippen molar-refractivity contribution in [2.45, 2.75) is 43.8 Å². The summed E-state index contributed by atoms with van der Waals surface area (Å²) in [6.07, 6.45) is 0.0525. The molecule has 0 aliphatic heterocycles. The number of hydrogen-bond donors (Lipinski definition) is 7. The zero-order valence-electron chi connectivity index (χ0n) is 22.3. The number of carbonyl (C=O) groups excluding carboxylic acids is 3. The maximum Gasteiger partial charge on any atom is 0.326 e. The van der Waals surface area contributed by atoms with Crippen molar-refractivity contribution in [1.82, 2.24) is 16.0 Å². The summed E-state index contributed by atoms with van der Waals surface area (Å²) in [4.78, 5) is 51.3. The van der Waals surface area contributed by atoms with Gasteiger partial charge in [0.2, 0.25) is 17.7 Å². The molecular weight excluding hydrogens is 528 g/mol. The van der Waals surface area contributed by atoms with Crippen LogP contribution in [0.15, 0.2) is 78.9 Å². The number of amides is 3. The summed E-state index contributed by atoms with van der Waals surface area (Å²) in [5, 5.41) is 36.8. The van der Waals surface area contributed by atoms with Crippen molar-refractivity contribution in [3.05, 3.63) is 95.6 Å². The lowest BCUT2D eigenvalue weighted by Crippen LogP contribution is -2.57. The van der Waals surface area contributed by atoms with Crippen molar-refractivity contribution in [2.24, 2.45) is 5.73 Å². The lowest BCUT2D eigenvalue weighted by atomic mass is 10.0. The summed E-state index contributed by atoms with van der Waals surface area (Å²) >= 11 is 0. The fourth-order valence-corrected chi connectivity index (χ4v) is 4.15. The number of carbonyl (C=O) groups is 4. The maximum atomic E-state index is 13.5. The third kappa shape index (κ3) is 9.97. The fourth-order valence-electron chi connectivity index (χ4n) is 4.15. The molecule has 11 heteroatoms. The molecule has 8 N–H and O–H groups in total. The molecule has 11 nitrogen and oxygen atoms in total. The van der Waals surface area contributed by atoms with Gasteiger partial charge in [0.25, 0.3) is 0 Å². The number of carboxylic acids is 1. The topological polar surface area (TPSA) is 191 Å². The summed E-state index contributed by atoms with van der Waals surface area (Å²) in [5.41, 5.74) is 7.43. The molecule has 216 valence electrons. The van der Waals surface area contributed by atoms with Crippen molar-refractivity contribution < 1.29 is 34.5 Å². The quantitative estimate of drug-likeness (QED) is 0.151. The van der Waals surface area contributed by atoms with Crippen LogP contribution < -0.4 is 21.7 Å². The van der Waals surface area contributed by atoms with E-state index >= 15 is 0 Å². The number of nitrogens with two attached hydrogens (primary N) is 1. The first-order valence-electron chi connectivity index (χ1n) is 13.1. The largest absolute Gasteiger partial charge is 0.508 e. The second-order valence-electron chi connectivity index (χ2n) is 9.55. The van der Waals surface area contributed by atoms with E-state index in [0.717, 1.165) is 0 Å². The van der Waals surface area contributed by atoms with Crippen LogP contribution in [0.1, 0.15) is 23.1 Å². The van der Waals surface area contributed by atoms with Gasteiger partial charge < -0.3 is 37.0 Å². The van der Waals surface area contributed by atoms with Gasteiger partial charge >= 0.3 is 5.97 Å². The molecular formula is C30H34N4O7. The number of phenols is 2. The Bertz CT molecular complexity index is 1310. The van der Waals surface area contributed by atoms with Crippen LogP contribution in [0.2, 0.25) is 0 Å². The Labute approximate surface area is 237 Å². The molecule has 3 amide bonds. The summed E-state index contributed by atoms with van der Waals surface area (Å²) in [7, 11) is 0. The molecule has 41 heavy (non-hydrogen) atoms. The van der Waals surface area contributed by atoms with E-state index < -0.39 is 41.8 Å². The van der Waals surface area contributed by atoms with Gasteiger partial charge in [-0.2, -0.15) is 0 Å². The van der Waals surface area contributed by atoms with E-state index in [1.54, 1.807) is 54.6 Å². The summed E-state index contributed by atoms with van der Waals surface area (Å²) in [5.74, 6) is -3.04. The number of aliphatic carboxylic acids is 1. The van der Waals surface area contributed by atoms with Gasteiger partial charge in [0, 0.05) is 32.2 Å². The third-order valence-electron chi connectivity index (χ3n) is 6.31. The van der Waals surface area contributed by atoms with Gasteiger partial charge in [0.05, 0.1) is 0 Å². The van der Waals surface area contributed by atoms with Crippen molar-refractivity contribution >= 4 is 23.7 Å². The molecule has 3 rings (SSSR count). The molecule has 0 bridgehead atoms. The van der Waals surface area contributed by atoms with Gasteiger partial charge in [-0.05, 0) is 41.0 Å². The zero-order chi connectivity index (χ0) is 29.8. The number of rotatable bonds is 14. The Morgan fingerprint density at radius 2 is 1.02 bits per heavy atom. The minimum absolute atomic E-state index is 0.0157. The molecule has 3 aromatic carbocycles. The van der Waals surface area contributed by atoms with Crippen LogP contribution in [0.3, 0.4) is 0 Å². The Balaban J connectivity index is 1.84. The number of carboxylic acid groups (broad SMARTS) is 1. The molecule has 0 radical (unpaired) electrons. The molecule has 3 atom stereocenters. The van der Waals surface area contributed by atoms with Crippen LogP contribution in [-0.2, 0) is 38.4 Å². The Morgan fingerprint density at radius 1 is 0.610 bits per heavy atom. The number of benzene rings is 3. The first kappa shape index (κ1) is 30.6. The minimum Gasteiger partial charge on any atom is -0.508 e. The van der Waals surface area contributed by atoms with Crippen LogP contribution in [0.25, 0.3) is 0 Å². The van der Waals surface area contributed by atoms with E-state index in [4.69, 9.17) is 5.73 Å². The first-order valence-corrected chi connectivity index (χ1v) is 13.1. The standard InChI is InChI=1S/C30H34N4O7/c31-15-14-27(37)32-24(16-20-6-10-22(35)11-7-20)28(38)33-25(17-21-8-12-23(36)13-9-21)29(39)34-26(30(40)41)18-19-4-2-1-3-5-19/h1-13,24-26,35-36H,14-18,31H2,(H,32,37)(H,33,38)(H,34,39)(H,40,41)/t24-,25-,26-/m0/s1. The van der Waals surface area contributed by atoms with Crippen molar-refractivity contribution in [1.29, 1.82) is 0 Å². The molecule has 0 aliphatic carbocycles. The van der Waals surface area contributed by atoms with Gasteiger partial charge in [0.1, 0.15) is 29.6 Å². The first-order chi connectivity index (χ1) is 19.6. The summed E-state index contributed by atoms with van der Waals surface area (Å²) < 4.78 is 0. The highest BCUT2D eigenvalue weighted by Crippen LogP contribution is 2.14. The Kier molecular flexibility index (Phi) is 11.2. The number of hydrogen-bond acceptors (Lipinski definition) is 7. The zero-order valence-corrected chi connectivity index (χ0v) is 22.3. The van der Waals surface area contributed by atoms with E-state index in [9.17, 15) is 34.5 Å². The molecule has 0 heterocycles. The molecule has 0 saturated carbocycles. The number of phenolic OH excluding ortho intramolecular Hbond substituents is 2. The Hall–Kier alpha value is -4.90. The predicted molar refractivity (Wildman–Crippen MR) is 151 cm³/mol. The highest BCUT2D eigenvalue weighted by molar-refractivity contribution is 5.93. The molecule has 0 aromatic heterocycles. The van der Waals surface area contributed by atoms with E-state index in [0.29, 0.717) is 16.7 Å². The number of nitrogens with one attached hydrogen (secondary N) is 3. The highest BCUT2D eigenvalue weighted by atomic mass is 16.4. The van der Waals surface area contributed by atoms with Crippen LogP contribution in [0.4, 0.5) is 0 Å². The summed E-state index contributed by atoms with van der Waals surface area (Å²) in [6.45, 7) is 0.0727. The van der Waals surface area contributed by atoms with Gasteiger partial charge in [-0.25, -0.2) is 4.79 Å². The second kappa shape index (κ2) is 15.0. The van der Waals surface area contributed by atoms with E-state index in [1.807, 2.05) is 0 Å². The number of aromatic hydroxyl groups is 2. The molecule has 0 saturated heterocycles. The average molecular weight is 563 g/mol. The highest BCUT2D eigenvalue weighted by Gasteiger charge is 2.30. The van der Waals surface area contributed by atoms with Gasteiger partial charge in [-0.1, -0.05) is 54.6 Å². The lowest BCUT2D eigenvalue weighted by Gasteiger charge is -2.25. The van der Waals surface area contributed by atoms with Gasteiger partial charge in [-0.15, -0.1) is 0 Å². The molecule has 0 spiro atoms. The van der Waals surface area contributed by atoms with Crippen LogP contribution >= 0.6 is 0 Å². The van der Waals surface area contributed by atoms with Gasteiger partial charge in [-0.3, -0.25) is 14.4 Å². The molecule has 3 aromatic rings. The van der Waals surface area contributed by atoms with Crippen molar-refractivity contribution in [3.8, 4) is 11.5 Å². The lowest BCUT2D eigenvalue weighted by molar-refractivity contribution is -0.142. The van der Waals surface area contributed by atoms with Crippen LogP contribution in [0, 0.1) is 0 Å². The van der Waals surface area contributed by atoms with Crippen molar-refractivity contribution in [2.75, 3.05) is 6.54 Å². The molecule has 0 aliphatic rings. The molecule has 0 fully saturated rings. The third-order valence-corrected chi connectivity index (χ3v) is 6.31. The van der Waals surface area contributed by atoms with E-state index in [1.165, 1.54) is 24.3 Å². The monoisotopic (exact) mass is 562 g/mol. The van der Waals surface area contributed by atoms with E-state index in [-0.39, 0.29) is 43.7 Å². The maximum absolute atomic E-state index is 13.5.